The second-order valence-corrected chi connectivity index (χ2v) is 5.46. The van der Waals surface area contributed by atoms with Crippen molar-refractivity contribution in [1.29, 1.82) is 0 Å². The summed E-state index contributed by atoms with van der Waals surface area (Å²) >= 11 is 0. The fourth-order valence-electron chi connectivity index (χ4n) is 0.826. The smallest absolute Gasteiger partial charge is 0.313 e. The second-order valence-electron chi connectivity index (χ2n) is 5.46. The van der Waals surface area contributed by atoms with Gasteiger partial charge in [0.2, 0.25) is 0 Å². The van der Waals surface area contributed by atoms with Crippen LogP contribution in [0.3, 0.4) is 0 Å². The summed E-state index contributed by atoms with van der Waals surface area (Å²) in [5.74, 6) is -1.93. The van der Waals surface area contributed by atoms with Gasteiger partial charge in [-0.25, -0.2) is 0 Å². The van der Waals surface area contributed by atoms with Gasteiger partial charge in [-0.05, 0) is 34.6 Å². The molecule has 0 amide bonds. The molecule has 0 saturated heterocycles. The fraction of sp³-hybridized carbons (Fsp3) is 0.667. The SMILES string of the molecule is CC(C)O.COC(=O)CC(C)=O.COC(=O)CC(C)=O.COC(=O)CC(C)=O.[Ti]. The van der Waals surface area contributed by atoms with E-state index < -0.39 is 17.9 Å². The summed E-state index contributed by atoms with van der Waals surface area (Å²) in [6.45, 7) is 7.48. The predicted molar refractivity (Wildman–Crippen MR) is 99.3 cm³/mol. The van der Waals surface area contributed by atoms with E-state index in [0.29, 0.717) is 0 Å². The van der Waals surface area contributed by atoms with Gasteiger partial charge in [0.15, 0.2) is 0 Å². The molecule has 0 aliphatic heterocycles. The summed E-state index contributed by atoms with van der Waals surface area (Å²) in [5, 5.41) is 8.06. The maximum atomic E-state index is 10.2. The zero-order valence-electron chi connectivity index (χ0n) is 18.3. The maximum Gasteiger partial charge on any atom is 0.313 e. The van der Waals surface area contributed by atoms with E-state index in [1.54, 1.807) is 13.8 Å². The minimum absolute atomic E-state index is 0. The van der Waals surface area contributed by atoms with Gasteiger partial charge < -0.3 is 19.3 Å². The number of hydrogen-bond donors (Lipinski definition) is 1. The Bertz CT molecular complexity index is 432. The van der Waals surface area contributed by atoms with Crippen molar-refractivity contribution in [3.05, 3.63) is 0 Å². The molecule has 0 spiro atoms. The topological polar surface area (TPSA) is 150 Å². The molecule has 0 bridgehead atoms. The molecule has 0 rings (SSSR count). The molecule has 0 aliphatic rings. The number of ether oxygens (including phenoxy) is 3. The first-order valence-electron chi connectivity index (χ1n) is 8.10. The van der Waals surface area contributed by atoms with Crippen LogP contribution in [0.2, 0.25) is 0 Å². The molecule has 168 valence electrons. The van der Waals surface area contributed by atoms with Crippen molar-refractivity contribution in [2.45, 2.75) is 60.0 Å². The molecule has 0 atom stereocenters. The van der Waals surface area contributed by atoms with Gasteiger partial charge in [-0.2, -0.15) is 0 Å². The van der Waals surface area contributed by atoms with Crippen molar-refractivity contribution in [3.8, 4) is 0 Å². The molecule has 0 aromatic rings. The van der Waals surface area contributed by atoms with Crippen molar-refractivity contribution in [1.82, 2.24) is 0 Å². The van der Waals surface area contributed by atoms with Gasteiger partial charge in [-0.15, -0.1) is 0 Å². The molecule has 1 N–H and O–H groups in total. The van der Waals surface area contributed by atoms with E-state index in [4.69, 9.17) is 5.11 Å². The predicted octanol–water partition coefficient (Wildman–Crippen LogP) is 0.800. The molecule has 0 fully saturated rings. The average molecular weight is 456 g/mol. The molecule has 0 heterocycles. The normalized spacial score (nSPS) is 8.07. The van der Waals surface area contributed by atoms with Gasteiger partial charge in [0, 0.05) is 27.8 Å². The number of carbonyl (C=O) groups excluding carboxylic acids is 6. The minimum Gasteiger partial charge on any atom is -0.469 e. The third-order valence-electron chi connectivity index (χ3n) is 1.86. The van der Waals surface area contributed by atoms with Crippen molar-refractivity contribution < 1.29 is 69.8 Å². The number of aliphatic hydroxyl groups is 1. The van der Waals surface area contributed by atoms with Crippen molar-refractivity contribution in [2.75, 3.05) is 21.3 Å². The fourth-order valence-corrected chi connectivity index (χ4v) is 0.826. The number of ketones is 3. The molecule has 0 unspecified atom stereocenters. The van der Waals surface area contributed by atoms with Crippen LogP contribution in [0.5, 0.6) is 0 Å². The number of methoxy groups -OCH3 is 3. The largest absolute Gasteiger partial charge is 0.469 e. The number of aliphatic hydroxyl groups excluding tert-OH is 1. The third-order valence-corrected chi connectivity index (χ3v) is 1.86. The van der Waals surface area contributed by atoms with E-state index in [9.17, 15) is 28.8 Å². The van der Waals surface area contributed by atoms with E-state index in [1.807, 2.05) is 0 Å². The van der Waals surface area contributed by atoms with Crippen LogP contribution in [0.1, 0.15) is 53.9 Å². The van der Waals surface area contributed by atoms with Crippen molar-refractivity contribution in [3.63, 3.8) is 0 Å². The molecule has 0 aromatic carbocycles. The number of esters is 3. The number of carbonyl (C=O) groups is 6. The Hall–Kier alpha value is -1.91. The van der Waals surface area contributed by atoms with Crippen LogP contribution in [-0.4, -0.2) is 67.8 Å². The summed E-state index contributed by atoms with van der Waals surface area (Å²) < 4.78 is 12.6. The van der Waals surface area contributed by atoms with Crippen LogP contribution >= 0.6 is 0 Å². The van der Waals surface area contributed by atoms with Crippen LogP contribution in [-0.2, 0) is 64.7 Å². The van der Waals surface area contributed by atoms with Crippen molar-refractivity contribution >= 4 is 35.3 Å². The van der Waals surface area contributed by atoms with E-state index in [0.717, 1.165) is 0 Å². The Kier molecular flexibility index (Phi) is 34.0. The van der Waals surface area contributed by atoms with Gasteiger partial charge in [0.1, 0.15) is 36.6 Å². The van der Waals surface area contributed by atoms with E-state index in [2.05, 4.69) is 14.2 Å². The summed E-state index contributed by atoms with van der Waals surface area (Å²) in [6, 6.07) is 0. The average Bonchev–Trinajstić information content (AvgIpc) is 2.53. The van der Waals surface area contributed by atoms with Crippen LogP contribution in [0.4, 0.5) is 0 Å². The van der Waals surface area contributed by atoms with E-state index in [-0.39, 0.29) is 64.4 Å². The van der Waals surface area contributed by atoms with Gasteiger partial charge in [0.05, 0.1) is 21.3 Å². The van der Waals surface area contributed by atoms with Gasteiger partial charge >= 0.3 is 17.9 Å². The van der Waals surface area contributed by atoms with Gasteiger partial charge in [0.25, 0.3) is 0 Å². The molecule has 29 heavy (non-hydrogen) atoms. The van der Waals surface area contributed by atoms with Crippen LogP contribution < -0.4 is 0 Å². The van der Waals surface area contributed by atoms with Crippen molar-refractivity contribution in [2.24, 2.45) is 0 Å². The molecule has 0 radical (unpaired) electrons. The van der Waals surface area contributed by atoms with Crippen LogP contribution in [0.15, 0.2) is 0 Å². The first-order valence-corrected chi connectivity index (χ1v) is 8.10. The zero-order valence-corrected chi connectivity index (χ0v) is 19.9. The minimum atomic E-state index is -0.475. The quantitative estimate of drug-likeness (QED) is 0.263. The number of hydrogen-bond acceptors (Lipinski definition) is 10. The standard InChI is InChI=1S/3C5H8O3.C3H8O.Ti/c3*1-4(6)3-5(7)8-2;1-3(2)4;/h3*3H2,1-2H3;3-4H,1-2H3;. The van der Waals surface area contributed by atoms with E-state index >= 15 is 0 Å². The van der Waals surface area contributed by atoms with Gasteiger partial charge in [-0.3, -0.25) is 28.8 Å². The van der Waals surface area contributed by atoms with Gasteiger partial charge in [-0.1, -0.05) is 0 Å². The third kappa shape index (κ3) is 58.5. The summed E-state index contributed by atoms with van der Waals surface area (Å²) in [6.07, 6.45) is -0.510. The molecule has 10 nitrogen and oxygen atoms in total. The molecular formula is C18H32O10Ti. The summed E-state index contributed by atoms with van der Waals surface area (Å²) in [5.41, 5.74) is 0. The first-order chi connectivity index (χ1) is 12.7. The van der Waals surface area contributed by atoms with Crippen LogP contribution in [0, 0.1) is 0 Å². The number of rotatable bonds is 6. The summed E-state index contributed by atoms with van der Waals surface area (Å²) in [7, 11) is 3.77. The molecular weight excluding hydrogens is 424 g/mol. The number of Topliss-reactive ketones (excluding diaryl/α,β-unsaturated/α-hetero) is 3. The Morgan fingerprint density at radius 1 is 0.621 bits per heavy atom. The molecule has 0 aromatic heterocycles. The molecule has 0 saturated carbocycles. The van der Waals surface area contributed by atoms with Crippen LogP contribution in [0.25, 0.3) is 0 Å². The second kappa shape index (κ2) is 26.1. The molecule has 11 heteroatoms. The van der Waals surface area contributed by atoms with E-state index in [1.165, 1.54) is 42.1 Å². The molecule has 0 aliphatic carbocycles. The first kappa shape index (κ1) is 37.8. The summed E-state index contributed by atoms with van der Waals surface area (Å²) in [4.78, 5) is 60.9. The maximum absolute atomic E-state index is 10.2. The Morgan fingerprint density at radius 2 is 0.759 bits per heavy atom. The zero-order chi connectivity index (χ0) is 23.3. The Labute approximate surface area is 186 Å². The Balaban J connectivity index is -0.0000000896. The Morgan fingerprint density at radius 3 is 0.793 bits per heavy atom. The monoisotopic (exact) mass is 456 g/mol.